The summed E-state index contributed by atoms with van der Waals surface area (Å²) < 4.78 is 6.18. The molecule has 6 nitrogen and oxygen atoms in total. The highest BCUT2D eigenvalue weighted by molar-refractivity contribution is 5.81. The van der Waals surface area contributed by atoms with Crippen LogP contribution in [0.15, 0.2) is 36.4 Å². The fourth-order valence-electron chi connectivity index (χ4n) is 13.8. The monoisotopic (exact) mass is 702 g/mol. The molecule has 0 unspecified atom stereocenters. The van der Waals surface area contributed by atoms with Crippen LogP contribution in [-0.4, -0.2) is 29.1 Å². The van der Waals surface area contributed by atoms with E-state index in [1.54, 1.807) is 13.8 Å². The van der Waals surface area contributed by atoms with Gasteiger partial charge in [-0.1, -0.05) is 71.0 Å². The number of hydrogen-bond donors (Lipinski definition) is 2. The number of aliphatic carboxylic acids is 1. The van der Waals surface area contributed by atoms with Crippen molar-refractivity contribution in [2.24, 2.45) is 62.1 Å². The van der Waals surface area contributed by atoms with Crippen LogP contribution in [0.3, 0.4) is 0 Å². The van der Waals surface area contributed by atoms with E-state index in [1.165, 1.54) is 42.4 Å². The van der Waals surface area contributed by atoms with Crippen LogP contribution in [-0.2, 0) is 25.7 Å². The van der Waals surface area contributed by atoms with Crippen LogP contribution in [0.5, 0.6) is 0 Å². The maximum atomic E-state index is 13.8. The molecule has 1 aromatic rings. The SMILES string of the molecule is C=C(C)[C@@H]1CC[C@]2(CC(=O)NCc3ccccc3C)CC[C@]3(C)[C@H](CC[C@@H]4[C@@]5(C)CC[C@H](OC(=O)CC(C)(C)C(=O)O)C(C)(C)[C@@H]5CC[C@]43C)[C@@H]12. The van der Waals surface area contributed by atoms with Gasteiger partial charge < -0.3 is 15.2 Å². The Kier molecular flexibility index (Phi) is 9.75. The first kappa shape index (κ1) is 38.1. The summed E-state index contributed by atoms with van der Waals surface area (Å²) in [6, 6.07) is 8.34. The van der Waals surface area contributed by atoms with Crippen molar-refractivity contribution in [1.82, 2.24) is 5.32 Å². The van der Waals surface area contributed by atoms with E-state index in [9.17, 15) is 19.5 Å². The van der Waals surface area contributed by atoms with Crippen molar-refractivity contribution in [3.05, 3.63) is 47.5 Å². The van der Waals surface area contributed by atoms with Gasteiger partial charge in [-0.05, 0) is 154 Å². The lowest BCUT2D eigenvalue weighted by Crippen LogP contribution is -2.67. The van der Waals surface area contributed by atoms with E-state index in [2.05, 4.69) is 84.6 Å². The normalized spacial score (nSPS) is 39.8. The molecule has 0 saturated heterocycles. The smallest absolute Gasteiger partial charge is 0.309 e. The van der Waals surface area contributed by atoms with E-state index in [-0.39, 0.29) is 45.5 Å². The molecule has 51 heavy (non-hydrogen) atoms. The number of carbonyl (C=O) groups is 3. The molecule has 1 amide bonds. The van der Waals surface area contributed by atoms with Gasteiger partial charge in [0.15, 0.2) is 0 Å². The Morgan fingerprint density at radius 1 is 0.902 bits per heavy atom. The number of amides is 1. The lowest BCUT2D eigenvalue weighted by molar-refractivity contribution is -0.250. The molecule has 0 bridgehead atoms. The third-order valence-corrected chi connectivity index (χ3v) is 16.9. The lowest BCUT2D eigenvalue weighted by Gasteiger charge is -2.73. The summed E-state index contributed by atoms with van der Waals surface area (Å²) in [6.07, 6.45) is 11.5. The van der Waals surface area contributed by atoms with Crippen molar-refractivity contribution < 1.29 is 24.2 Å². The summed E-state index contributed by atoms with van der Waals surface area (Å²) in [4.78, 5) is 38.6. The summed E-state index contributed by atoms with van der Waals surface area (Å²) >= 11 is 0. The molecule has 6 heteroatoms. The van der Waals surface area contributed by atoms with Crippen LogP contribution in [0.1, 0.15) is 144 Å². The molecule has 0 heterocycles. The van der Waals surface area contributed by atoms with E-state index in [0.717, 1.165) is 38.5 Å². The summed E-state index contributed by atoms with van der Waals surface area (Å²) in [5, 5.41) is 12.9. The number of hydrogen-bond acceptors (Lipinski definition) is 4. The molecule has 6 rings (SSSR count). The number of fused-ring (bicyclic) bond motifs is 7. The number of nitrogens with one attached hydrogen (secondary N) is 1. The third kappa shape index (κ3) is 6.11. The lowest BCUT2D eigenvalue weighted by atomic mass is 9.32. The average Bonchev–Trinajstić information content (AvgIpc) is 3.41. The van der Waals surface area contributed by atoms with Crippen molar-refractivity contribution in [1.29, 1.82) is 0 Å². The topological polar surface area (TPSA) is 92.7 Å². The number of ether oxygens (including phenoxy) is 1. The second kappa shape index (κ2) is 13.0. The van der Waals surface area contributed by atoms with Crippen molar-refractivity contribution in [3.8, 4) is 0 Å². The summed E-state index contributed by atoms with van der Waals surface area (Å²) in [6.45, 7) is 25.2. The quantitative estimate of drug-likeness (QED) is 0.198. The Labute approximate surface area is 308 Å². The molecule has 2 N–H and O–H groups in total. The molecule has 1 aromatic carbocycles. The number of carboxylic acid groups (broad SMARTS) is 1. The molecular weight excluding hydrogens is 634 g/mol. The van der Waals surface area contributed by atoms with Gasteiger partial charge in [-0.3, -0.25) is 14.4 Å². The summed E-state index contributed by atoms with van der Waals surface area (Å²) in [7, 11) is 0. The fraction of sp³-hybridized carbons (Fsp3) is 0.756. The highest BCUT2D eigenvalue weighted by atomic mass is 16.5. The molecule has 5 aliphatic rings. The molecule has 5 saturated carbocycles. The Morgan fingerprint density at radius 3 is 2.27 bits per heavy atom. The van der Waals surface area contributed by atoms with E-state index < -0.39 is 17.4 Å². The largest absolute Gasteiger partial charge is 0.481 e. The van der Waals surface area contributed by atoms with Gasteiger partial charge in [-0.25, -0.2) is 0 Å². The minimum absolute atomic E-state index is 0.0348. The van der Waals surface area contributed by atoms with E-state index in [1.807, 2.05) is 0 Å². The van der Waals surface area contributed by atoms with Crippen LogP contribution in [0.4, 0.5) is 0 Å². The Hall–Kier alpha value is -2.63. The number of rotatable bonds is 9. The zero-order valence-corrected chi connectivity index (χ0v) is 33.3. The molecule has 10 atom stereocenters. The summed E-state index contributed by atoms with van der Waals surface area (Å²) in [5.41, 5.74) is 2.92. The van der Waals surface area contributed by atoms with Gasteiger partial charge >= 0.3 is 11.9 Å². The van der Waals surface area contributed by atoms with Gasteiger partial charge in [-0.2, -0.15) is 0 Å². The standard InChI is InChI=1S/C45H67NO5/c1-28(2)31-17-22-45(25-36(47)46-27-30-14-12-11-13-29(30)3)24-23-43(9)32(38(31)45)15-16-34-42(8)20-19-35(51-37(48)26-40(4,5)39(49)50)41(6,7)33(42)18-21-44(34,43)10/h11-14,31-35,38H,1,15-27H2,2-10H3,(H,46,47)(H,49,50)/t31-,32+,33-,34+,35-,38+,42-,43+,44+,45+/m0/s1. The molecule has 0 aromatic heterocycles. The first-order valence-corrected chi connectivity index (χ1v) is 20.1. The Bertz CT molecular complexity index is 1560. The van der Waals surface area contributed by atoms with Gasteiger partial charge in [0.25, 0.3) is 0 Å². The minimum Gasteiger partial charge on any atom is -0.481 e. The molecule has 0 radical (unpaired) electrons. The predicted molar refractivity (Wildman–Crippen MR) is 203 cm³/mol. The van der Waals surface area contributed by atoms with Crippen molar-refractivity contribution in [3.63, 3.8) is 0 Å². The van der Waals surface area contributed by atoms with Crippen molar-refractivity contribution >= 4 is 17.8 Å². The third-order valence-electron chi connectivity index (χ3n) is 16.9. The number of aryl methyl sites for hydroxylation is 1. The second-order valence-electron chi connectivity index (χ2n) is 20.1. The highest BCUT2D eigenvalue weighted by Crippen LogP contribution is 2.78. The van der Waals surface area contributed by atoms with Gasteiger partial charge in [0.1, 0.15) is 6.10 Å². The van der Waals surface area contributed by atoms with Gasteiger partial charge in [-0.15, -0.1) is 0 Å². The van der Waals surface area contributed by atoms with Crippen LogP contribution in [0.2, 0.25) is 0 Å². The van der Waals surface area contributed by atoms with Crippen LogP contribution < -0.4 is 5.32 Å². The second-order valence-corrected chi connectivity index (χ2v) is 20.1. The number of benzene rings is 1. The fourth-order valence-corrected chi connectivity index (χ4v) is 13.8. The average molecular weight is 702 g/mol. The Balaban J connectivity index is 1.23. The van der Waals surface area contributed by atoms with Crippen LogP contribution in [0, 0.1) is 69.0 Å². The van der Waals surface area contributed by atoms with E-state index in [4.69, 9.17) is 4.74 Å². The zero-order chi connectivity index (χ0) is 37.4. The molecule has 0 aliphatic heterocycles. The van der Waals surface area contributed by atoms with Crippen molar-refractivity contribution in [2.45, 2.75) is 152 Å². The zero-order valence-electron chi connectivity index (χ0n) is 33.3. The Morgan fingerprint density at radius 2 is 1.61 bits per heavy atom. The minimum atomic E-state index is -1.14. The summed E-state index contributed by atoms with van der Waals surface area (Å²) in [5.74, 6) is 1.38. The van der Waals surface area contributed by atoms with Gasteiger partial charge in [0.2, 0.25) is 5.91 Å². The number of carbonyl (C=O) groups excluding carboxylic acids is 2. The maximum absolute atomic E-state index is 13.8. The first-order chi connectivity index (χ1) is 23.7. The van der Waals surface area contributed by atoms with Gasteiger partial charge in [0.05, 0.1) is 11.8 Å². The highest BCUT2D eigenvalue weighted by Gasteiger charge is 2.71. The van der Waals surface area contributed by atoms with Crippen LogP contribution >= 0.6 is 0 Å². The molecule has 282 valence electrons. The molecule has 5 aliphatic carbocycles. The molecular formula is C45H67NO5. The molecule has 0 spiro atoms. The number of esters is 1. The predicted octanol–water partition coefficient (Wildman–Crippen LogP) is 10.1. The first-order valence-electron chi connectivity index (χ1n) is 20.1. The van der Waals surface area contributed by atoms with Crippen LogP contribution in [0.25, 0.3) is 0 Å². The van der Waals surface area contributed by atoms with Gasteiger partial charge in [0, 0.05) is 18.4 Å². The number of carboxylic acids is 1. The van der Waals surface area contributed by atoms with E-state index in [0.29, 0.717) is 42.6 Å². The van der Waals surface area contributed by atoms with Crippen molar-refractivity contribution in [2.75, 3.05) is 0 Å². The molecule has 5 fully saturated rings. The van der Waals surface area contributed by atoms with E-state index >= 15 is 0 Å². The maximum Gasteiger partial charge on any atom is 0.309 e. The number of allylic oxidation sites excluding steroid dienone is 1.